The number of hydrogen-bond acceptors (Lipinski definition) is 2. The maximum atomic E-state index is 5.32. The zero-order valence-electron chi connectivity index (χ0n) is 10.0. The normalized spacial score (nSPS) is 15.1. The molecule has 2 rings (SSSR count). The van der Waals surface area contributed by atoms with Gasteiger partial charge in [0.1, 0.15) is 5.75 Å². The summed E-state index contributed by atoms with van der Waals surface area (Å²) >= 11 is 0. The summed E-state index contributed by atoms with van der Waals surface area (Å²) in [7, 11) is 1.74. The van der Waals surface area contributed by atoms with E-state index in [1.807, 2.05) is 12.1 Å². The van der Waals surface area contributed by atoms with Crippen molar-refractivity contribution < 1.29 is 4.74 Å². The lowest BCUT2D eigenvalue weighted by Gasteiger charge is -2.08. The number of ether oxygens (including phenoxy) is 1. The zero-order valence-corrected chi connectivity index (χ0v) is 10.0. The SMILES string of the molecule is COc1ccccc1CCNCCC1CC1. The highest BCUT2D eigenvalue weighted by Gasteiger charge is 2.19. The van der Waals surface area contributed by atoms with Gasteiger partial charge < -0.3 is 10.1 Å². The number of methoxy groups -OCH3 is 1. The summed E-state index contributed by atoms with van der Waals surface area (Å²) in [5.41, 5.74) is 1.30. The van der Waals surface area contributed by atoms with E-state index in [1.54, 1.807) is 7.11 Å². The van der Waals surface area contributed by atoms with Crippen molar-refractivity contribution in [1.82, 2.24) is 5.32 Å². The lowest BCUT2D eigenvalue weighted by atomic mass is 10.1. The van der Waals surface area contributed by atoms with Crippen LogP contribution >= 0.6 is 0 Å². The number of para-hydroxylation sites is 1. The largest absolute Gasteiger partial charge is 0.496 e. The molecule has 0 bridgehead atoms. The Morgan fingerprint density at radius 3 is 2.81 bits per heavy atom. The van der Waals surface area contributed by atoms with Gasteiger partial charge in [-0.3, -0.25) is 0 Å². The van der Waals surface area contributed by atoms with Gasteiger partial charge in [-0.1, -0.05) is 31.0 Å². The van der Waals surface area contributed by atoms with Gasteiger partial charge in [-0.2, -0.15) is 0 Å². The van der Waals surface area contributed by atoms with Gasteiger partial charge in [0.25, 0.3) is 0 Å². The number of nitrogens with one attached hydrogen (secondary N) is 1. The molecule has 1 saturated carbocycles. The number of rotatable bonds is 7. The van der Waals surface area contributed by atoms with Crippen LogP contribution in [0.25, 0.3) is 0 Å². The standard InChI is InChI=1S/C14H21NO/c1-16-14-5-3-2-4-13(14)9-11-15-10-8-12-6-7-12/h2-5,12,15H,6-11H2,1H3. The third-order valence-corrected chi connectivity index (χ3v) is 3.19. The van der Waals surface area contributed by atoms with Crippen LogP contribution in [0.2, 0.25) is 0 Å². The smallest absolute Gasteiger partial charge is 0.122 e. The van der Waals surface area contributed by atoms with E-state index in [0.29, 0.717) is 0 Å². The highest BCUT2D eigenvalue weighted by atomic mass is 16.5. The molecule has 0 amide bonds. The van der Waals surface area contributed by atoms with Crippen molar-refractivity contribution >= 4 is 0 Å². The molecule has 16 heavy (non-hydrogen) atoms. The van der Waals surface area contributed by atoms with Crippen LogP contribution in [0.4, 0.5) is 0 Å². The van der Waals surface area contributed by atoms with Crippen molar-refractivity contribution in [3.05, 3.63) is 29.8 Å². The monoisotopic (exact) mass is 219 g/mol. The lowest BCUT2D eigenvalue weighted by Crippen LogP contribution is -2.19. The Morgan fingerprint density at radius 1 is 1.25 bits per heavy atom. The molecule has 0 saturated heterocycles. The van der Waals surface area contributed by atoms with Gasteiger partial charge in [0.05, 0.1) is 7.11 Å². The molecule has 1 fully saturated rings. The molecule has 0 atom stereocenters. The minimum atomic E-state index is 1.01. The molecule has 0 radical (unpaired) electrons. The molecule has 2 heteroatoms. The van der Waals surface area contributed by atoms with E-state index in [1.165, 1.54) is 31.4 Å². The van der Waals surface area contributed by atoms with E-state index in [2.05, 4.69) is 17.4 Å². The van der Waals surface area contributed by atoms with Crippen LogP contribution in [-0.2, 0) is 6.42 Å². The molecular weight excluding hydrogens is 198 g/mol. The maximum Gasteiger partial charge on any atom is 0.122 e. The molecule has 2 nitrogen and oxygen atoms in total. The highest BCUT2D eigenvalue weighted by Crippen LogP contribution is 2.31. The van der Waals surface area contributed by atoms with Crippen molar-refractivity contribution in [3.63, 3.8) is 0 Å². The molecule has 0 spiro atoms. The summed E-state index contributed by atoms with van der Waals surface area (Å²) in [6.45, 7) is 2.22. The van der Waals surface area contributed by atoms with Crippen molar-refractivity contribution in [2.45, 2.75) is 25.7 Å². The maximum absolute atomic E-state index is 5.32. The molecule has 1 aliphatic rings. The van der Waals surface area contributed by atoms with Crippen LogP contribution in [0, 0.1) is 5.92 Å². The van der Waals surface area contributed by atoms with Crippen LogP contribution in [0.15, 0.2) is 24.3 Å². The summed E-state index contributed by atoms with van der Waals surface area (Å²) in [6, 6.07) is 8.26. The van der Waals surface area contributed by atoms with Crippen molar-refractivity contribution in [2.75, 3.05) is 20.2 Å². The molecule has 1 aromatic rings. The van der Waals surface area contributed by atoms with E-state index in [9.17, 15) is 0 Å². The predicted molar refractivity (Wildman–Crippen MR) is 66.9 cm³/mol. The van der Waals surface area contributed by atoms with E-state index >= 15 is 0 Å². The fourth-order valence-corrected chi connectivity index (χ4v) is 1.97. The molecule has 1 aliphatic carbocycles. The average Bonchev–Trinajstić information content (AvgIpc) is 3.13. The first kappa shape index (κ1) is 11.5. The molecule has 88 valence electrons. The zero-order chi connectivity index (χ0) is 11.2. The van der Waals surface area contributed by atoms with Gasteiger partial charge in [-0.25, -0.2) is 0 Å². The lowest BCUT2D eigenvalue weighted by molar-refractivity contribution is 0.409. The van der Waals surface area contributed by atoms with Crippen LogP contribution in [-0.4, -0.2) is 20.2 Å². The molecule has 1 N–H and O–H groups in total. The first-order valence-corrected chi connectivity index (χ1v) is 6.23. The summed E-state index contributed by atoms with van der Waals surface area (Å²) in [6.07, 6.45) is 5.31. The summed E-state index contributed by atoms with van der Waals surface area (Å²) in [4.78, 5) is 0. The average molecular weight is 219 g/mol. The van der Waals surface area contributed by atoms with Gasteiger partial charge in [-0.15, -0.1) is 0 Å². The first-order valence-electron chi connectivity index (χ1n) is 6.23. The summed E-state index contributed by atoms with van der Waals surface area (Å²) < 4.78 is 5.32. The Morgan fingerprint density at radius 2 is 2.06 bits per heavy atom. The van der Waals surface area contributed by atoms with Gasteiger partial charge in [0, 0.05) is 0 Å². The minimum absolute atomic E-state index is 1.01. The van der Waals surface area contributed by atoms with E-state index in [0.717, 1.165) is 24.6 Å². The Hall–Kier alpha value is -1.02. The van der Waals surface area contributed by atoms with Crippen molar-refractivity contribution in [1.29, 1.82) is 0 Å². The Kier molecular flexibility index (Phi) is 4.23. The molecule has 0 aliphatic heterocycles. The van der Waals surface area contributed by atoms with Gasteiger partial charge in [0.15, 0.2) is 0 Å². The van der Waals surface area contributed by atoms with E-state index < -0.39 is 0 Å². The summed E-state index contributed by atoms with van der Waals surface area (Å²) in [5, 5.41) is 3.50. The molecule has 0 unspecified atom stereocenters. The van der Waals surface area contributed by atoms with Crippen LogP contribution < -0.4 is 10.1 Å². The van der Waals surface area contributed by atoms with Crippen LogP contribution in [0.5, 0.6) is 5.75 Å². The molecule has 0 heterocycles. The Bertz CT molecular complexity index is 320. The highest BCUT2D eigenvalue weighted by molar-refractivity contribution is 5.33. The van der Waals surface area contributed by atoms with Crippen LogP contribution in [0.3, 0.4) is 0 Å². The molecule has 1 aromatic carbocycles. The molecule has 0 aromatic heterocycles. The van der Waals surface area contributed by atoms with Gasteiger partial charge in [-0.05, 0) is 43.5 Å². The van der Waals surface area contributed by atoms with Crippen LogP contribution in [0.1, 0.15) is 24.8 Å². The van der Waals surface area contributed by atoms with Gasteiger partial charge in [0.2, 0.25) is 0 Å². The molecular formula is C14H21NO. The quantitative estimate of drug-likeness (QED) is 0.712. The Labute approximate surface area is 98.0 Å². The minimum Gasteiger partial charge on any atom is -0.496 e. The third-order valence-electron chi connectivity index (χ3n) is 3.19. The summed E-state index contributed by atoms with van der Waals surface area (Å²) in [5.74, 6) is 2.03. The van der Waals surface area contributed by atoms with Gasteiger partial charge >= 0.3 is 0 Å². The number of benzene rings is 1. The first-order chi connectivity index (χ1) is 7.90. The number of hydrogen-bond donors (Lipinski definition) is 1. The fourth-order valence-electron chi connectivity index (χ4n) is 1.97. The van der Waals surface area contributed by atoms with Crippen molar-refractivity contribution in [3.8, 4) is 5.75 Å². The second-order valence-corrected chi connectivity index (χ2v) is 4.54. The Balaban J connectivity index is 1.67. The predicted octanol–water partition coefficient (Wildman–Crippen LogP) is 2.63. The van der Waals surface area contributed by atoms with E-state index in [-0.39, 0.29) is 0 Å². The third kappa shape index (κ3) is 3.53. The van der Waals surface area contributed by atoms with Crippen molar-refractivity contribution in [2.24, 2.45) is 5.92 Å². The topological polar surface area (TPSA) is 21.3 Å². The van der Waals surface area contributed by atoms with E-state index in [4.69, 9.17) is 4.74 Å². The fraction of sp³-hybridized carbons (Fsp3) is 0.571. The second-order valence-electron chi connectivity index (χ2n) is 4.54. The second kappa shape index (κ2) is 5.90.